The largest absolute Gasteiger partial charge is 0.468 e. The minimum atomic E-state index is -0.652. The van der Waals surface area contributed by atoms with Crippen LogP contribution in [0.25, 0.3) is 10.9 Å². The number of hydrogen-bond acceptors (Lipinski definition) is 4. The van der Waals surface area contributed by atoms with E-state index in [2.05, 4.69) is 9.72 Å². The van der Waals surface area contributed by atoms with Gasteiger partial charge in [-0.25, -0.2) is 0 Å². The van der Waals surface area contributed by atoms with Crippen LogP contribution in [-0.2, 0) is 16.0 Å². The summed E-state index contributed by atoms with van der Waals surface area (Å²) in [6.45, 7) is 0. The Balaban J connectivity index is 2.30. The van der Waals surface area contributed by atoms with Gasteiger partial charge < -0.3 is 21.2 Å². The lowest BCUT2D eigenvalue weighted by Crippen LogP contribution is -2.33. The zero-order valence-electron chi connectivity index (χ0n) is 9.57. The molecule has 1 aromatic carbocycles. The molecule has 0 fully saturated rings. The molecule has 1 aromatic heterocycles. The fourth-order valence-corrected chi connectivity index (χ4v) is 1.84. The number of ether oxygens (including phenoxy) is 1. The van der Waals surface area contributed by atoms with Crippen LogP contribution in [-0.4, -0.2) is 24.1 Å². The maximum atomic E-state index is 11.3. The first-order valence-corrected chi connectivity index (χ1v) is 5.30. The van der Waals surface area contributed by atoms with Gasteiger partial charge in [-0.1, -0.05) is 0 Å². The van der Waals surface area contributed by atoms with Crippen LogP contribution in [0.2, 0.25) is 0 Å². The van der Waals surface area contributed by atoms with E-state index in [9.17, 15) is 4.79 Å². The molecule has 90 valence electrons. The quantitative estimate of drug-likeness (QED) is 0.539. The van der Waals surface area contributed by atoms with Gasteiger partial charge in [0.1, 0.15) is 6.04 Å². The van der Waals surface area contributed by atoms with E-state index in [0.717, 1.165) is 16.5 Å². The van der Waals surface area contributed by atoms with E-state index in [-0.39, 0.29) is 0 Å². The van der Waals surface area contributed by atoms with Gasteiger partial charge in [0.25, 0.3) is 0 Å². The van der Waals surface area contributed by atoms with Crippen LogP contribution in [0.15, 0.2) is 24.4 Å². The first kappa shape index (κ1) is 11.5. The van der Waals surface area contributed by atoms with Crippen molar-refractivity contribution < 1.29 is 9.53 Å². The fourth-order valence-electron chi connectivity index (χ4n) is 1.84. The number of nitrogens with one attached hydrogen (secondary N) is 1. The number of aromatic nitrogens is 1. The third-order valence-electron chi connectivity index (χ3n) is 2.74. The Hall–Kier alpha value is -2.01. The van der Waals surface area contributed by atoms with E-state index in [1.165, 1.54) is 7.11 Å². The topological polar surface area (TPSA) is 94.1 Å². The van der Waals surface area contributed by atoms with E-state index in [0.29, 0.717) is 12.1 Å². The molecule has 0 spiro atoms. The maximum Gasteiger partial charge on any atom is 0.322 e. The predicted molar refractivity (Wildman–Crippen MR) is 66.4 cm³/mol. The number of aromatic amines is 1. The lowest BCUT2D eigenvalue weighted by atomic mass is 10.1. The summed E-state index contributed by atoms with van der Waals surface area (Å²) in [5.74, 6) is -0.414. The molecule has 2 rings (SSSR count). The SMILES string of the molecule is COC(=O)[C@@H](N)Cc1c[nH]c2ccc(N)cc12. The second-order valence-electron chi connectivity index (χ2n) is 3.95. The van der Waals surface area contributed by atoms with Gasteiger partial charge in [-0.15, -0.1) is 0 Å². The van der Waals surface area contributed by atoms with Gasteiger partial charge in [-0.05, 0) is 23.8 Å². The first-order chi connectivity index (χ1) is 8.11. The molecule has 0 unspecified atom stereocenters. The standard InChI is InChI=1S/C12H15N3O2/c1-17-12(16)10(14)4-7-6-15-11-3-2-8(13)5-9(7)11/h2-3,5-6,10,15H,4,13-14H2,1H3/t10-/m0/s1. The molecular formula is C12H15N3O2. The number of fused-ring (bicyclic) bond motifs is 1. The van der Waals surface area contributed by atoms with E-state index < -0.39 is 12.0 Å². The van der Waals surface area contributed by atoms with Crippen LogP contribution in [0.5, 0.6) is 0 Å². The maximum absolute atomic E-state index is 11.3. The molecular weight excluding hydrogens is 218 g/mol. The van der Waals surface area contributed by atoms with E-state index >= 15 is 0 Å². The highest BCUT2D eigenvalue weighted by Gasteiger charge is 2.16. The highest BCUT2D eigenvalue weighted by molar-refractivity contribution is 5.87. The van der Waals surface area contributed by atoms with Gasteiger partial charge in [0.05, 0.1) is 7.11 Å². The second-order valence-corrected chi connectivity index (χ2v) is 3.95. The summed E-state index contributed by atoms with van der Waals surface area (Å²) < 4.78 is 4.60. The molecule has 17 heavy (non-hydrogen) atoms. The van der Waals surface area contributed by atoms with Gasteiger partial charge in [-0.2, -0.15) is 0 Å². The van der Waals surface area contributed by atoms with Gasteiger partial charge in [0.15, 0.2) is 0 Å². The number of methoxy groups -OCH3 is 1. The highest BCUT2D eigenvalue weighted by Crippen LogP contribution is 2.21. The van der Waals surface area contributed by atoms with Gasteiger partial charge in [0.2, 0.25) is 0 Å². The molecule has 0 aliphatic rings. The van der Waals surface area contributed by atoms with Crippen molar-refractivity contribution in [2.24, 2.45) is 5.73 Å². The van der Waals surface area contributed by atoms with Crippen LogP contribution < -0.4 is 11.5 Å². The summed E-state index contributed by atoms with van der Waals surface area (Å²) in [6.07, 6.45) is 2.27. The monoisotopic (exact) mass is 233 g/mol. The third-order valence-corrected chi connectivity index (χ3v) is 2.74. The molecule has 0 saturated carbocycles. The number of carbonyl (C=O) groups is 1. The van der Waals surface area contributed by atoms with Crippen molar-refractivity contribution in [2.75, 3.05) is 12.8 Å². The minimum Gasteiger partial charge on any atom is -0.468 e. The van der Waals surface area contributed by atoms with Gasteiger partial charge in [-0.3, -0.25) is 4.79 Å². The summed E-state index contributed by atoms with van der Waals surface area (Å²) in [6, 6.07) is 4.94. The molecule has 0 amide bonds. The Morgan fingerprint density at radius 3 is 3.00 bits per heavy atom. The average Bonchev–Trinajstić information content (AvgIpc) is 2.71. The number of hydrogen-bond donors (Lipinski definition) is 3. The lowest BCUT2D eigenvalue weighted by molar-refractivity contribution is -0.142. The third kappa shape index (κ3) is 2.24. The molecule has 0 saturated heterocycles. The molecule has 0 radical (unpaired) electrons. The van der Waals surface area contributed by atoms with Crippen molar-refractivity contribution in [2.45, 2.75) is 12.5 Å². The number of esters is 1. The van der Waals surface area contributed by atoms with Crippen molar-refractivity contribution in [3.05, 3.63) is 30.0 Å². The summed E-state index contributed by atoms with van der Waals surface area (Å²) in [5, 5.41) is 0.990. The van der Waals surface area contributed by atoms with E-state index in [1.807, 2.05) is 24.4 Å². The van der Waals surface area contributed by atoms with Crippen molar-refractivity contribution in [1.82, 2.24) is 4.98 Å². The Bertz CT molecular complexity index is 548. The van der Waals surface area contributed by atoms with Crippen LogP contribution in [0, 0.1) is 0 Å². The van der Waals surface area contributed by atoms with Crippen molar-refractivity contribution in [3.8, 4) is 0 Å². The van der Waals surface area contributed by atoms with Crippen LogP contribution >= 0.6 is 0 Å². The Labute approximate surface area is 98.7 Å². The van der Waals surface area contributed by atoms with E-state index in [4.69, 9.17) is 11.5 Å². The zero-order valence-corrected chi connectivity index (χ0v) is 9.57. The highest BCUT2D eigenvalue weighted by atomic mass is 16.5. The summed E-state index contributed by atoms with van der Waals surface area (Å²) in [5.41, 5.74) is 14.1. The average molecular weight is 233 g/mol. The number of anilines is 1. The van der Waals surface area contributed by atoms with Gasteiger partial charge >= 0.3 is 5.97 Å². The van der Waals surface area contributed by atoms with Crippen LogP contribution in [0.3, 0.4) is 0 Å². The number of carbonyl (C=O) groups excluding carboxylic acids is 1. The van der Waals surface area contributed by atoms with Crippen LogP contribution in [0.1, 0.15) is 5.56 Å². The Morgan fingerprint density at radius 2 is 2.29 bits per heavy atom. The molecule has 2 aromatic rings. The number of H-pyrrole nitrogens is 1. The van der Waals surface area contributed by atoms with Crippen molar-refractivity contribution >= 4 is 22.6 Å². The summed E-state index contributed by atoms with van der Waals surface area (Å²) >= 11 is 0. The zero-order chi connectivity index (χ0) is 12.4. The number of benzene rings is 1. The number of rotatable bonds is 3. The Kier molecular flexibility index (Phi) is 3.01. The first-order valence-electron chi connectivity index (χ1n) is 5.30. The molecule has 5 heteroatoms. The molecule has 0 aliphatic heterocycles. The second kappa shape index (κ2) is 4.47. The fraction of sp³-hybridized carbons (Fsp3) is 0.250. The number of nitrogen functional groups attached to an aromatic ring is 1. The van der Waals surface area contributed by atoms with E-state index in [1.54, 1.807) is 0 Å². The predicted octanol–water partition coefficient (Wildman–Crippen LogP) is 0.793. The Morgan fingerprint density at radius 1 is 1.53 bits per heavy atom. The lowest BCUT2D eigenvalue weighted by Gasteiger charge is -2.08. The molecule has 1 atom stereocenters. The minimum absolute atomic E-state index is 0.414. The number of nitrogens with two attached hydrogens (primary N) is 2. The molecule has 5 N–H and O–H groups in total. The van der Waals surface area contributed by atoms with Crippen molar-refractivity contribution in [1.29, 1.82) is 0 Å². The molecule has 1 heterocycles. The van der Waals surface area contributed by atoms with Gasteiger partial charge in [0, 0.05) is 29.2 Å². The smallest absolute Gasteiger partial charge is 0.322 e. The molecule has 0 aliphatic carbocycles. The van der Waals surface area contributed by atoms with Crippen LogP contribution in [0.4, 0.5) is 5.69 Å². The van der Waals surface area contributed by atoms with Crippen molar-refractivity contribution in [3.63, 3.8) is 0 Å². The normalized spacial score (nSPS) is 12.6. The summed E-state index contributed by atoms with van der Waals surface area (Å²) in [7, 11) is 1.33. The molecule has 5 nitrogen and oxygen atoms in total. The summed E-state index contributed by atoms with van der Waals surface area (Å²) in [4.78, 5) is 14.4. The molecule has 0 bridgehead atoms.